The van der Waals surface area contributed by atoms with Crippen molar-refractivity contribution in [3.63, 3.8) is 0 Å². The minimum absolute atomic E-state index is 0.159. The first-order chi connectivity index (χ1) is 10.7. The van der Waals surface area contributed by atoms with E-state index in [4.69, 9.17) is 9.47 Å². The van der Waals surface area contributed by atoms with Crippen LogP contribution >= 0.6 is 0 Å². The molecule has 1 saturated carbocycles. The zero-order chi connectivity index (χ0) is 17.0. The molecule has 1 aliphatic carbocycles. The fourth-order valence-corrected chi connectivity index (χ4v) is 3.81. The lowest BCUT2D eigenvalue weighted by molar-refractivity contribution is -0.0448. The molecule has 5 heteroatoms. The number of hydrogen-bond acceptors (Lipinski definition) is 4. The molecule has 1 aliphatic heterocycles. The van der Waals surface area contributed by atoms with Crippen molar-refractivity contribution in [2.75, 3.05) is 0 Å². The third-order valence-electron chi connectivity index (χ3n) is 4.62. The maximum Gasteiger partial charge on any atom is 0.407 e. The van der Waals surface area contributed by atoms with E-state index in [0.717, 1.165) is 25.7 Å². The van der Waals surface area contributed by atoms with Crippen molar-refractivity contribution in [2.45, 2.75) is 109 Å². The number of alkyl carbamates (subject to hydrolysis) is 1. The Morgan fingerprint density at radius 1 is 1.04 bits per heavy atom. The number of carbonyl (C=O) groups is 1. The van der Waals surface area contributed by atoms with Crippen LogP contribution in [0.25, 0.3) is 0 Å². The summed E-state index contributed by atoms with van der Waals surface area (Å²) in [5.41, 5.74) is -0.451. The monoisotopic (exact) mass is 326 g/mol. The first-order valence-electron chi connectivity index (χ1n) is 9.14. The Labute approximate surface area is 140 Å². The molecule has 0 aromatic rings. The van der Waals surface area contributed by atoms with Crippen LogP contribution in [0.1, 0.15) is 73.1 Å². The molecule has 1 saturated heterocycles. The van der Waals surface area contributed by atoms with Gasteiger partial charge in [0.1, 0.15) is 5.60 Å². The lowest BCUT2D eigenvalue weighted by Gasteiger charge is -2.39. The van der Waals surface area contributed by atoms with E-state index in [-0.39, 0.29) is 12.1 Å². The summed E-state index contributed by atoms with van der Waals surface area (Å²) in [6.45, 7) is 9.97. The molecule has 0 spiro atoms. The number of ether oxygens (including phenoxy) is 2. The van der Waals surface area contributed by atoms with Crippen molar-refractivity contribution in [1.29, 1.82) is 0 Å². The van der Waals surface area contributed by atoms with Crippen LogP contribution in [0, 0.1) is 0 Å². The van der Waals surface area contributed by atoms with Crippen molar-refractivity contribution in [1.82, 2.24) is 10.6 Å². The van der Waals surface area contributed by atoms with Gasteiger partial charge in [-0.15, -0.1) is 0 Å². The number of nitrogens with one attached hydrogen (secondary N) is 2. The van der Waals surface area contributed by atoms with Crippen LogP contribution in [-0.4, -0.2) is 42.0 Å². The van der Waals surface area contributed by atoms with E-state index in [0.29, 0.717) is 24.3 Å². The highest BCUT2D eigenvalue weighted by Gasteiger charge is 2.32. The van der Waals surface area contributed by atoms with Crippen LogP contribution in [0.2, 0.25) is 0 Å². The van der Waals surface area contributed by atoms with Gasteiger partial charge in [-0.2, -0.15) is 0 Å². The van der Waals surface area contributed by atoms with Gasteiger partial charge in [0, 0.05) is 18.1 Å². The first kappa shape index (κ1) is 18.5. The highest BCUT2D eigenvalue weighted by Crippen LogP contribution is 2.24. The molecule has 5 nitrogen and oxygen atoms in total. The van der Waals surface area contributed by atoms with Gasteiger partial charge in [-0.05, 0) is 60.3 Å². The van der Waals surface area contributed by atoms with E-state index in [2.05, 4.69) is 24.5 Å². The fourth-order valence-electron chi connectivity index (χ4n) is 3.81. The molecule has 2 fully saturated rings. The second kappa shape index (κ2) is 7.84. The average molecular weight is 326 g/mol. The summed E-state index contributed by atoms with van der Waals surface area (Å²) in [6, 6.07) is 0.964. The Bertz CT molecular complexity index is 384. The van der Waals surface area contributed by atoms with Crippen molar-refractivity contribution in [2.24, 2.45) is 0 Å². The quantitative estimate of drug-likeness (QED) is 0.835. The lowest BCUT2D eigenvalue weighted by Crippen LogP contribution is -2.56. The number of rotatable bonds is 3. The van der Waals surface area contributed by atoms with Gasteiger partial charge in [-0.1, -0.05) is 12.8 Å². The van der Waals surface area contributed by atoms with Gasteiger partial charge in [0.15, 0.2) is 0 Å². The molecule has 1 heterocycles. The van der Waals surface area contributed by atoms with Crippen LogP contribution in [0.15, 0.2) is 0 Å². The van der Waals surface area contributed by atoms with E-state index in [1.54, 1.807) is 0 Å². The molecule has 0 bridgehead atoms. The Kier molecular flexibility index (Phi) is 6.32. The molecule has 2 unspecified atom stereocenters. The summed E-state index contributed by atoms with van der Waals surface area (Å²) in [5, 5.41) is 6.87. The highest BCUT2D eigenvalue weighted by molar-refractivity contribution is 5.68. The smallest absolute Gasteiger partial charge is 0.407 e. The predicted octanol–water partition coefficient (Wildman–Crippen LogP) is 3.37. The maximum atomic E-state index is 12.1. The normalized spacial score (nSPS) is 35.6. The molecule has 2 rings (SSSR count). The predicted molar refractivity (Wildman–Crippen MR) is 91.6 cm³/mol. The van der Waals surface area contributed by atoms with Gasteiger partial charge in [0.2, 0.25) is 0 Å². The fraction of sp³-hybridized carbons (Fsp3) is 0.944. The van der Waals surface area contributed by atoms with E-state index < -0.39 is 5.60 Å². The molecule has 23 heavy (non-hydrogen) atoms. The standard InChI is InChI=1S/C18H34N2O3/c1-12-10-14(11-13(2)22-12)19-15-8-6-7-9-16(15)20-17(21)23-18(3,4)5/h12-16,19H,6-11H2,1-5H3,(H,20,21)/t12?,13?,14?,15-,16-/m1/s1. The Morgan fingerprint density at radius 2 is 1.61 bits per heavy atom. The third kappa shape index (κ3) is 6.30. The highest BCUT2D eigenvalue weighted by atomic mass is 16.6. The number of carbonyl (C=O) groups excluding carboxylic acids is 1. The van der Waals surface area contributed by atoms with Gasteiger partial charge < -0.3 is 20.1 Å². The van der Waals surface area contributed by atoms with Gasteiger partial charge in [-0.3, -0.25) is 0 Å². The summed E-state index contributed by atoms with van der Waals surface area (Å²) in [7, 11) is 0. The third-order valence-corrected chi connectivity index (χ3v) is 4.62. The van der Waals surface area contributed by atoms with E-state index in [1.807, 2.05) is 20.8 Å². The molecule has 0 aromatic carbocycles. The second-order valence-electron chi connectivity index (χ2n) is 8.24. The maximum absolute atomic E-state index is 12.1. The number of hydrogen-bond donors (Lipinski definition) is 2. The van der Waals surface area contributed by atoms with Gasteiger partial charge in [-0.25, -0.2) is 4.79 Å². The summed E-state index contributed by atoms with van der Waals surface area (Å²) >= 11 is 0. The van der Waals surface area contributed by atoms with Gasteiger partial charge >= 0.3 is 6.09 Å². The molecular weight excluding hydrogens is 292 g/mol. The lowest BCUT2D eigenvalue weighted by atomic mass is 9.88. The molecule has 134 valence electrons. The molecule has 4 atom stereocenters. The second-order valence-corrected chi connectivity index (χ2v) is 8.24. The summed E-state index contributed by atoms with van der Waals surface area (Å²) in [4.78, 5) is 12.1. The van der Waals surface area contributed by atoms with Gasteiger partial charge in [0.25, 0.3) is 0 Å². The van der Waals surface area contributed by atoms with Crippen molar-refractivity contribution < 1.29 is 14.3 Å². The minimum atomic E-state index is -0.451. The van der Waals surface area contributed by atoms with Crippen molar-refractivity contribution >= 4 is 6.09 Å². The zero-order valence-corrected chi connectivity index (χ0v) is 15.4. The summed E-state index contributed by atoms with van der Waals surface area (Å²) in [6.07, 6.45) is 6.91. The molecule has 0 radical (unpaired) electrons. The average Bonchev–Trinajstić information content (AvgIpc) is 2.37. The molecule has 0 aromatic heterocycles. The van der Waals surface area contributed by atoms with Gasteiger partial charge in [0.05, 0.1) is 12.2 Å². The molecule has 1 amide bonds. The summed E-state index contributed by atoms with van der Waals surface area (Å²) < 4.78 is 11.2. The van der Waals surface area contributed by atoms with E-state index >= 15 is 0 Å². The molecular formula is C18H34N2O3. The van der Waals surface area contributed by atoms with Crippen molar-refractivity contribution in [3.8, 4) is 0 Å². The molecule has 2 aliphatic rings. The number of amides is 1. The van der Waals surface area contributed by atoms with Crippen LogP contribution in [0.4, 0.5) is 4.79 Å². The topological polar surface area (TPSA) is 59.6 Å². The SMILES string of the molecule is CC1CC(N[C@@H]2CCCC[C@H]2NC(=O)OC(C)(C)C)CC(C)O1. The van der Waals surface area contributed by atoms with E-state index in [9.17, 15) is 4.79 Å². The van der Waals surface area contributed by atoms with Crippen molar-refractivity contribution in [3.05, 3.63) is 0 Å². The molecule has 2 N–H and O–H groups in total. The van der Waals surface area contributed by atoms with Crippen LogP contribution in [0.5, 0.6) is 0 Å². The Hall–Kier alpha value is -0.810. The van der Waals surface area contributed by atoms with Crippen LogP contribution in [0.3, 0.4) is 0 Å². The zero-order valence-electron chi connectivity index (χ0n) is 15.4. The summed E-state index contributed by atoms with van der Waals surface area (Å²) in [5.74, 6) is 0. The largest absolute Gasteiger partial charge is 0.444 e. The van der Waals surface area contributed by atoms with Crippen LogP contribution in [-0.2, 0) is 9.47 Å². The van der Waals surface area contributed by atoms with Crippen LogP contribution < -0.4 is 10.6 Å². The minimum Gasteiger partial charge on any atom is -0.444 e. The first-order valence-corrected chi connectivity index (χ1v) is 9.14. The Balaban J connectivity index is 1.89. The Morgan fingerprint density at radius 3 is 2.17 bits per heavy atom. The van der Waals surface area contributed by atoms with E-state index in [1.165, 1.54) is 12.8 Å².